The zero-order chi connectivity index (χ0) is 14.3. The van der Waals surface area contributed by atoms with Gasteiger partial charge in [-0.1, -0.05) is 0 Å². The van der Waals surface area contributed by atoms with Crippen LogP contribution < -0.4 is 4.90 Å². The quantitative estimate of drug-likeness (QED) is 0.807. The number of halogens is 1. The summed E-state index contributed by atoms with van der Waals surface area (Å²) in [5.74, 6) is -0.910. The molecule has 1 aliphatic heterocycles. The van der Waals surface area contributed by atoms with Gasteiger partial charge in [-0.15, -0.1) is 0 Å². The zero-order valence-corrected chi connectivity index (χ0v) is 11.5. The van der Waals surface area contributed by atoms with Gasteiger partial charge in [-0.05, 0) is 26.3 Å². The van der Waals surface area contributed by atoms with Crippen molar-refractivity contribution >= 4 is 22.6 Å². The summed E-state index contributed by atoms with van der Waals surface area (Å²) < 4.78 is 24.4. The highest BCUT2D eigenvalue weighted by atomic mass is 19.1. The molecule has 0 radical (unpaired) electrons. The van der Waals surface area contributed by atoms with E-state index in [1.165, 1.54) is 12.1 Å². The molecule has 1 aliphatic rings. The van der Waals surface area contributed by atoms with Crippen molar-refractivity contribution in [3.63, 3.8) is 0 Å². The minimum absolute atomic E-state index is 0.0366. The highest BCUT2D eigenvalue weighted by molar-refractivity contribution is 5.93. The van der Waals surface area contributed by atoms with Crippen molar-refractivity contribution in [1.29, 1.82) is 0 Å². The van der Waals surface area contributed by atoms with Crippen LogP contribution in [0.15, 0.2) is 22.6 Å². The van der Waals surface area contributed by atoms with Crippen LogP contribution in [-0.2, 0) is 4.74 Å². The second kappa shape index (κ2) is 4.81. The molecule has 0 saturated carbocycles. The van der Waals surface area contributed by atoms with E-state index in [0.29, 0.717) is 17.0 Å². The van der Waals surface area contributed by atoms with E-state index in [0.717, 1.165) is 18.7 Å². The average Bonchev–Trinajstić information content (AvgIpc) is 2.82. The summed E-state index contributed by atoms with van der Waals surface area (Å²) >= 11 is 0. The molecule has 1 unspecified atom stereocenters. The second-order valence-corrected chi connectivity index (χ2v) is 5.00. The van der Waals surface area contributed by atoms with Crippen LogP contribution in [0, 0.1) is 5.82 Å². The molecule has 1 aromatic heterocycles. The Labute approximate surface area is 116 Å². The van der Waals surface area contributed by atoms with Crippen molar-refractivity contribution in [3.05, 3.63) is 29.8 Å². The molecule has 20 heavy (non-hydrogen) atoms. The van der Waals surface area contributed by atoms with E-state index in [-0.39, 0.29) is 18.2 Å². The number of esters is 1. The third-order valence-corrected chi connectivity index (χ3v) is 3.70. The molecule has 1 atom stereocenters. The Morgan fingerprint density at radius 1 is 1.50 bits per heavy atom. The molecule has 106 valence electrons. The number of anilines is 1. The van der Waals surface area contributed by atoms with Crippen molar-refractivity contribution in [2.75, 3.05) is 18.1 Å². The molecule has 3 rings (SSSR count). The van der Waals surface area contributed by atoms with Gasteiger partial charge in [-0.25, -0.2) is 9.18 Å². The highest BCUT2D eigenvalue weighted by Crippen LogP contribution is 2.32. The SMILES string of the molecule is CCOC(=O)c1cc2c(F)cc(N3CCC3C)cc2o1. The maximum atomic E-state index is 14.1. The van der Waals surface area contributed by atoms with Gasteiger partial charge in [0.2, 0.25) is 5.76 Å². The molecule has 4 nitrogen and oxygen atoms in total. The Morgan fingerprint density at radius 3 is 2.90 bits per heavy atom. The van der Waals surface area contributed by atoms with E-state index in [9.17, 15) is 9.18 Å². The van der Waals surface area contributed by atoms with Crippen molar-refractivity contribution < 1.29 is 18.3 Å². The summed E-state index contributed by atoms with van der Waals surface area (Å²) in [6.45, 7) is 4.98. The van der Waals surface area contributed by atoms with E-state index >= 15 is 0 Å². The summed E-state index contributed by atoms with van der Waals surface area (Å²) in [7, 11) is 0. The van der Waals surface area contributed by atoms with Crippen molar-refractivity contribution in [1.82, 2.24) is 0 Å². The molecule has 1 saturated heterocycles. The smallest absolute Gasteiger partial charge is 0.374 e. The molecule has 0 amide bonds. The number of carbonyl (C=O) groups is 1. The lowest BCUT2D eigenvalue weighted by Gasteiger charge is -2.40. The molecule has 1 aromatic carbocycles. The molecule has 5 heteroatoms. The van der Waals surface area contributed by atoms with Crippen LogP contribution in [0.2, 0.25) is 0 Å². The summed E-state index contributed by atoms with van der Waals surface area (Å²) in [5, 5.41) is 0.310. The van der Waals surface area contributed by atoms with E-state index in [2.05, 4.69) is 11.8 Å². The maximum absolute atomic E-state index is 14.1. The lowest BCUT2D eigenvalue weighted by Crippen LogP contribution is -2.45. The lowest BCUT2D eigenvalue weighted by atomic mass is 10.0. The number of carbonyl (C=O) groups excluding carboxylic acids is 1. The summed E-state index contributed by atoms with van der Waals surface area (Å²) in [5.41, 5.74) is 1.17. The first-order chi connectivity index (χ1) is 9.60. The maximum Gasteiger partial charge on any atom is 0.374 e. The van der Waals surface area contributed by atoms with Crippen LogP contribution in [0.25, 0.3) is 11.0 Å². The second-order valence-electron chi connectivity index (χ2n) is 5.00. The monoisotopic (exact) mass is 277 g/mol. The van der Waals surface area contributed by atoms with Gasteiger partial charge in [0.25, 0.3) is 0 Å². The van der Waals surface area contributed by atoms with Crippen LogP contribution in [0.1, 0.15) is 30.8 Å². The van der Waals surface area contributed by atoms with Gasteiger partial charge in [-0.2, -0.15) is 0 Å². The lowest BCUT2D eigenvalue weighted by molar-refractivity contribution is 0.0492. The van der Waals surface area contributed by atoms with E-state index in [1.54, 1.807) is 13.0 Å². The van der Waals surface area contributed by atoms with Crippen LogP contribution in [-0.4, -0.2) is 25.2 Å². The number of ether oxygens (including phenoxy) is 1. The average molecular weight is 277 g/mol. The molecular formula is C15H16FNO3. The van der Waals surface area contributed by atoms with Crippen molar-refractivity contribution in [2.24, 2.45) is 0 Å². The zero-order valence-electron chi connectivity index (χ0n) is 11.5. The normalized spacial score (nSPS) is 18.1. The molecule has 0 spiro atoms. The number of rotatable bonds is 3. The Balaban J connectivity index is 2.01. The van der Waals surface area contributed by atoms with E-state index < -0.39 is 5.97 Å². The van der Waals surface area contributed by atoms with Gasteiger partial charge in [0, 0.05) is 30.4 Å². The Morgan fingerprint density at radius 2 is 2.30 bits per heavy atom. The first kappa shape index (κ1) is 13.0. The minimum atomic E-state index is -0.568. The molecule has 0 N–H and O–H groups in total. The molecule has 1 fully saturated rings. The first-order valence-electron chi connectivity index (χ1n) is 6.77. The minimum Gasteiger partial charge on any atom is -0.460 e. The fourth-order valence-corrected chi connectivity index (χ4v) is 2.45. The van der Waals surface area contributed by atoms with Gasteiger partial charge in [-0.3, -0.25) is 0 Å². The van der Waals surface area contributed by atoms with Gasteiger partial charge < -0.3 is 14.1 Å². The van der Waals surface area contributed by atoms with Gasteiger partial charge in [0.1, 0.15) is 11.4 Å². The fraction of sp³-hybridized carbons (Fsp3) is 0.400. The number of hydrogen-bond donors (Lipinski definition) is 0. The predicted octanol–water partition coefficient (Wildman–Crippen LogP) is 3.35. The largest absolute Gasteiger partial charge is 0.460 e. The number of hydrogen-bond acceptors (Lipinski definition) is 4. The third kappa shape index (κ3) is 2.03. The third-order valence-electron chi connectivity index (χ3n) is 3.70. The van der Waals surface area contributed by atoms with Crippen molar-refractivity contribution in [2.45, 2.75) is 26.3 Å². The summed E-state index contributed by atoms with van der Waals surface area (Å²) in [6.07, 6.45) is 1.10. The predicted molar refractivity (Wildman–Crippen MR) is 73.6 cm³/mol. The molecule has 0 bridgehead atoms. The molecule has 2 heterocycles. The molecule has 2 aromatic rings. The Bertz CT molecular complexity index is 664. The van der Waals surface area contributed by atoms with E-state index in [4.69, 9.17) is 9.15 Å². The van der Waals surface area contributed by atoms with E-state index in [1.807, 2.05) is 0 Å². The summed E-state index contributed by atoms with van der Waals surface area (Å²) in [6, 6.07) is 5.07. The summed E-state index contributed by atoms with van der Waals surface area (Å²) in [4.78, 5) is 13.7. The van der Waals surface area contributed by atoms with Crippen LogP contribution in [0.3, 0.4) is 0 Å². The number of furan rings is 1. The number of nitrogens with zero attached hydrogens (tertiary/aromatic N) is 1. The van der Waals surface area contributed by atoms with Crippen LogP contribution in [0.4, 0.5) is 10.1 Å². The number of fused-ring (bicyclic) bond motifs is 1. The first-order valence-corrected chi connectivity index (χ1v) is 6.77. The van der Waals surface area contributed by atoms with Crippen LogP contribution >= 0.6 is 0 Å². The number of benzene rings is 1. The molecule has 0 aliphatic carbocycles. The molecular weight excluding hydrogens is 261 g/mol. The van der Waals surface area contributed by atoms with Crippen molar-refractivity contribution in [3.8, 4) is 0 Å². The Hall–Kier alpha value is -2.04. The van der Waals surface area contributed by atoms with Crippen LogP contribution in [0.5, 0.6) is 0 Å². The fourth-order valence-electron chi connectivity index (χ4n) is 2.45. The van der Waals surface area contributed by atoms with Gasteiger partial charge in [0.05, 0.1) is 12.0 Å². The van der Waals surface area contributed by atoms with Gasteiger partial charge >= 0.3 is 5.97 Å². The Kier molecular flexibility index (Phi) is 3.12. The standard InChI is InChI=1S/C15H16FNO3/c1-3-19-15(18)14-8-11-12(16)6-10(7-13(11)20-14)17-5-4-9(17)2/h6-9H,3-5H2,1-2H3. The highest BCUT2D eigenvalue weighted by Gasteiger charge is 2.25. The topological polar surface area (TPSA) is 42.7 Å². The van der Waals surface area contributed by atoms with Gasteiger partial charge in [0.15, 0.2) is 0 Å².